The van der Waals surface area contributed by atoms with Gasteiger partial charge in [-0.25, -0.2) is 4.98 Å². The van der Waals surface area contributed by atoms with Crippen LogP contribution in [-0.2, 0) is 5.41 Å². The third-order valence-corrected chi connectivity index (χ3v) is 9.29. The minimum Gasteiger partial charge on any atom is -0.507 e. The van der Waals surface area contributed by atoms with Gasteiger partial charge in [-0.1, -0.05) is 115 Å². The molecule has 1 N–H and O–H groups in total. The predicted molar refractivity (Wildman–Crippen MR) is 185 cm³/mol. The molecule has 4 heteroatoms. The molecule has 216 valence electrons. The van der Waals surface area contributed by atoms with Gasteiger partial charge in [0, 0.05) is 16.5 Å². The molecule has 0 spiro atoms. The van der Waals surface area contributed by atoms with E-state index in [0.717, 1.165) is 50.0 Å². The molecule has 0 aliphatic heterocycles. The van der Waals surface area contributed by atoms with Gasteiger partial charge in [-0.05, 0) is 69.6 Å². The van der Waals surface area contributed by atoms with Crippen molar-refractivity contribution in [2.45, 2.75) is 5.41 Å². The van der Waals surface area contributed by atoms with Crippen molar-refractivity contribution in [3.05, 3.63) is 180 Å². The number of phenols is 1. The SMILES string of the molecule is Oc1ccccc1-c1cccc(C2(c3cccc(-c4cnc5c(ccc6ccccc65)n4)c3)c3ccccc3-c3ccccc32)n1. The first-order valence-electron chi connectivity index (χ1n) is 15.4. The lowest BCUT2D eigenvalue weighted by atomic mass is 9.69. The second-order valence-corrected chi connectivity index (χ2v) is 11.8. The van der Waals surface area contributed by atoms with Crippen LogP contribution in [0.5, 0.6) is 5.75 Å². The molecule has 6 aromatic carbocycles. The van der Waals surface area contributed by atoms with Gasteiger partial charge in [-0.3, -0.25) is 9.97 Å². The van der Waals surface area contributed by atoms with Crippen molar-refractivity contribution in [2.24, 2.45) is 0 Å². The van der Waals surface area contributed by atoms with Crippen LogP contribution in [-0.4, -0.2) is 20.1 Å². The molecule has 1 aliphatic carbocycles. The van der Waals surface area contributed by atoms with Crippen LogP contribution in [0, 0.1) is 0 Å². The summed E-state index contributed by atoms with van der Waals surface area (Å²) in [6, 6.07) is 51.8. The van der Waals surface area contributed by atoms with Crippen LogP contribution in [0.3, 0.4) is 0 Å². The Morgan fingerprint density at radius 2 is 1.22 bits per heavy atom. The van der Waals surface area contributed by atoms with Crippen LogP contribution in [0.1, 0.15) is 22.4 Å². The average molecular weight is 590 g/mol. The van der Waals surface area contributed by atoms with Crippen molar-refractivity contribution in [2.75, 3.05) is 0 Å². The molecular weight excluding hydrogens is 562 g/mol. The Bertz CT molecular complexity index is 2420. The molecule has 0 amide bonds. The van der Waals surface area contributed by atoms with E-state index in [-0.39, 0.29) is 5.75 Å². The first-order chi connectivity index (χ1) is 22.7. The van der Waals surface area contributed by atoms with Crippen molar-refractivity contribution in [3.63, 3.8) is 0 Å². The third-order valence-electron chi connectivity index (χ3n) is 9.29. The topological polar surface area (TPSA) is 58.9 Å². The summed E-state index contributed by atoms with van der Waals surface area (Å²) in [5.41, 5.74) is 11.0. The van der Waals surface area contributed by atoms with Crippen molar-refractivity contribution >= 4 is 21.8 Å². The van der Waals surface area contributed by atoms with Crippen LogP contribution >= 0.6 is 0 Å². The summed E-state index contributed by atoms with van der Waals surface area (Å²) in [5.74, 6) is 0.207. The monoisotopic (exact) mass is 589 g/mol. The largest absolute Gasteiger partial charge is 0.507 e. The standard InChI is InChI=1S/C42H27N3O/c46-39-21-8-5-17-33(39)36-20-10-22-40(45-36)42(34-18-6-3-15-31(34)32-16-4-7-19-35(32)42)29-13-9-12-28(25-29)38-26-43-41-30-14-2-1-11-27(30)23-24-37(41)44-38/h1-26,46H. The highest BCUT2D eigenvalue weighted by Gasteiger charge is 2.47. The maximum Gasteiger partial charge on any atom is 0.124 e. The fourth-order valence-corrected chi connectivity index (χ4v) is 7.26. The van der Waals surface area contributed by atoms with Gasteiger partial charge in [0.05, 0.1) is 39.7 Å². The summed E-state index contributed by atoms with van der Waals surface area (Å²) < 4.78 is 0. The average Bonchev–Trinajstić information content (AvgIpc) is 3.43. The number of benzene rings is 6. The number of hydrogen-bond acceptors (Lipinski definition) is 4. The zero-order valence-corrected chi connectivity index (χ0v) is 24.8. The van der Waals surface area contributed by atoms with E-state index in [9.17, 15) is 5.11 Å². The molecule has 0 radical (unpaired) electrons. The Hall–Kier alpha value is -6.13. The van der Waals surface area contributed by atoms with Gasteiger partial charge in [0.1, 0.15) is 5.75 Å². The van der Waals surface area contributed by atoms with Crippen LogP contribution < -0.4 is 0 Å². The molecule has 0 saturated heterocycles. The molecule has 0 fully saturated rings. The van der Waals surface area contributed by atoms with E-state index in [4.69, 9.17) is 15.0 Å². The van der Waals surface area contributed by atoms with E-state index in [1.807, 2.05) is 48.7 Å². The molecule has 0 unspecified atom stereocenters. The van der Waals surface area contributed by atoms with E-state index in [0.29, 0.717) is 5.56 Å². The maximum absolute atomic E-state index is 10.8. The number of aromatic nitrogens is 3. The van der Waals surface area contributed by atoms with Gasteiger partial charge >= 0.3 is 0 Å². The van der Waals surface area contributed by atoms with Gasteiger partial charge in [0.2, 0.25) is 0 Å². The highest BCUT2D eigenvalue weighted by molar-refractivity contribution is 6.04. The smallest absolute Gasteiger partial charge is 0.124 e. The highest BCUT2D eigenvalue weighted by atomic mass is 16.3. The van der Waals surface area contributed by atoms with E-state index in [1.54, 1.807) is 6.07 Å². The predicted octanol–water partition coefficient (Wildman–Crippen LogP) is 9.58. The second kappa shape index (κ2) is 10.2. The van der Waals surface area contributed by atoms with E-state index in [2.05, 4.69) is 103 Å². The molecule has 2 aromatic heterocycles. The van der Waals surface area contributed by atoms with Crippen LogP contribution in [0.2, 0.25) is 0 Å². The first-order valence-corrected chi connectivity index (χ1v) is 15.4. The summed E-state index contributed by atoms with van der Waals surface area (Å²) in [4.78, 5) is 15.3. The summed E-state index contributed by atoms with van der Waals surface area (Å²) in [6.07, 6.45) is 1.88. The normalized spacial score (nSPS) is 13.0. The fraction of sp³-hybridized carbons (Fsp3) is 0.0238. The van der Waals surface area contributed by atoms with Crippen molar-refractivity contribution < 1.29 is 5.11 Å². The highest BCUT2D eigenvalue weighted by Crippen LogP contribution is 2.56. The molecular formula is C42H27N3O. The van der Waals surface area contributed by atoms with Gasteiger partial charge in [0.25, 0.3) is 0 Å². The van der Waals surface area contributed by atoms with Gasteiger partial charge < -0.3 is 5.11 Å². The maximum atomic E-state index is 10.8. The second-order valence-electron chi connectivity index (χ2n) is 11.8. The van der Waals surface area contributed by atoms with Gasteiger partial charge in [-0.15, -0.1) is 0 Å². The molecule has 4 nitrogen and oxygen atoms in total. The van der Waals surface area contributed by atoms with Gasteiger partial charge in [0.15, 0.2) is 0 Å². The molecule has 2 heterocycles. The summed E-state index contributed by atoms with van der Waals surface area (Å²) >= 11 is 0. The Labute approximate surface area is 266 Å². The lowest BCUT2D eigenvalue weighted by Gasteiger charge is -2.33. The number of aromatic hydroxyl groups is 1. The summed E-state index contributed by atoms with van der Waals surface area (Å²) in [6.45, 7) is 0. The Kier molecular flexibility index (Phi) is 5.84. The van der Waals surface area contributed by atoms with Crippen molar-refractivity contribution in [1.82, 2.24) is 15.0 Å². The molecule has 0 atom stereocenters. The van der Waals surface area contributed by atoms with E-state index in [1.165, 1.54) is 22.3 Å². The number of para-hydroxylation sites is 1. The number of nitrogens with zero attached hydrogens (tertiary/aromatic N) is 3. The molecule has 0 bridgehead atoms. The fourth-order valence-electron chi connectivity index (χ4n) is 7.26. The van der Waals surface area contributed by atoms with Crippen molar-refractivity contribution in [1.29, 1.82) is 0 Å². The Morgan fingerprint density at radius 1 is 0.522 bits per heavy atom. The summed E-state index contributed by atoms with van der Waals surface area (Å²) in [5, 5.41) is 13.0. The number of hydrogen-bond donors (Lipinski definition) is 1. The molecule has 46 heavy (non-hydrogen) atoms. The van der Waals surface area contributed by atoms with Crippen LogP contribution in [0.4, 0.5) is 0 Å². The van der Waals surface area contributed by atoms with Crippen LogP contribution in [0.15, 0.2) is 158 Å². The molecule has 9 rings (SSSR count). The number of fused-ring (bicyclic) bond motifs is 6. The Balaban J connectivity index is 1.29. The Morgan fingerprint density at radius 3 is 2.02 bits per heavy atom. The number of pyridine rings is 1. The lowest BCUT2D eigenvalue weighted by Crippen LogP contribution is -2.30. The van der Waals surface area contributed by atoms with E-state index >= 15 is 0 Å². The summed E-state index contributed by atoms with van der Waals surface area (Å²) in [7, 11) is 0. The first kappa shape index (κ1) is 26.3. The molecule has 0 saturated carbocycles. The van der Waals surface area contributed by atoms with Crippen molar-refractivity contribution in [3.8, 4) is 39.4 Å². The van der Waals surface area contributed by atoms with Gasteiger partial charge in [-0.2, -0.15) is 0 Å². The number of phenolic OH excluding ortho intramolecular Hbond substituents is 1. The lowest BCUT2D eigenvalue weighted by molar-refractivity contribution is 0.477. The minimum absolute atomic E-state index is 0.207. The number of rotatable bonds is 4. The third kappa shape index (κ3) is 3.83. The quantitative estimate of drug-likeness (QED) is 0.208. The zero-order chi connectivity index (χ0) is 30.7. The van der Waals surface area contributed by atoms with E-state index < -0.39 is 5.41 Å². The molecule has 1 aliphatic rings. The molecule has 8 aromatic rings. The zero-order valence-electron chi connectivity index (χ0n) is 24.8. The minimum atomic E-state index is -0.704. The van der Waals surface area contributed by atoms with Crippen LogP contribution in [0.25, 0.3) is 55.4 Å².